The molecule has 1 atom stereocenters. The van der Waals surface area contributed by atoms with E-state index in [4.69, 9.17) is 10.00 Å². The number of rotatable bonds is 5. The van der Waals surface area contributed by atoms with Crippen molar-refractivity contribution < 1.29 is 9.53 Å². The fraction of sp³-hybridized carbons (Fsp3) is 0.538. The second kappa shape index (κ2) is 4.99. The van der Waals surface area contributed by atoms with Crippen LogP contribution < -0.4 is 0 Å². The lowest BCUT2D eigenvalue weighted by Gasteiger charge is -2.40. The Morgan fingerprint density at radius 2 is 2.47 bits per heavy atom. The van der Waals surface area contributed by atoms with Crippen molar-refractivity contribution in [2.24, 2.45) is 0 Å². The van der Waals surface area contributed by atoms with Gasteiger partial charge in [-0.05, 0) is 30.7 Å². The molecule has 3 nitrogen and oxygen atoms in total. The molecule has 0 N–H and O–H groups in total. The average Bonchev–Trinajstić information content (AvgIpc) is 2.78. The van der Waals surface area contributed by atoms with Crippen LogP contribution in [0.2, 0.25) is 0 Å². The van der Waals surface area contributed by atoms with Crippen LogP contribution >= 0.6 is 11.3 Å². The second-order valence-corrected chi connectivity index (χ2v) is 5.44. The second-order valence-electron chi connectivity index (χ2n) is 4.46. The van der Waals surface area contributed by atoms with Crippen LogP contribution in [0.25, 0.3) is 0 Å². The topological polar surface area (TPSA) is 50.1 Å². The SMILES string of the molecule is COC1(CC(=O)C(C#N)c2cccs2)CCC1. The van der Waals surface area contributed by atoms with E-state index in [9.17, 15) is 4.79 Å². The summed E-state index contributed by atoms with van der Waals surface area (Å²) in [6.07, 6.45) is 3.33. The number of hydrogen-bond donors (Lipinski definition) is 0. The molecule has 90 valence electrons. The van der Waals surface area contributed by atoms with Crippen LogP contribution in [0, 0.1) is 11.3 Å². The standard InChI is InChI=1S/C13H15NO2S/c1-16-13(5-3-6-13)8-11(15)10(9-14)12-4-2-7-17-12/h2,4,7,10H,3,5-6,8H2,1H3. The van der Waals surface area contributed by atoms with Crippen LogP contribution in [-0.4, -0.2) is 18.5 Å². The van der Waals surface area contributed by atoms with Gasteiger partial charge in [-0.25, -0.2) is 0 Å². The Morgan fingerprint density at radius 1 is 1.71 bits per heavy atom. The van der Waals surface area contributed by atoms with Crippen molar-refractivity contribution in [1.29, 1.82) is 5.26 Å². The average molecular weight is 249 g/mol. The van der Waals surface area contributed by atoms with E-state index in [2.05, 4.69) is 6.07 Å². The van der Waals surface area contributed by atoms with E-state index in [0.29, 0.717) is 6.42 Å². The first kappa shape index (κ1) is 12.3. The maximum absolute atomic E-state index is 12.1. The number of ether oxygens (including phenoxy) is 1. The van der Waals surface area contributed by atoms with Gasteiger partial charge in [0.25, 0.3) is 0 Å². The third-order valence-corrected chi connectivity index (χ3v) is 4.41. The number of carbonyl (C=O) groups is 1. The van der Waals surface area contributed by atoms with Gasteiger partial charge in [-0.15, -0.1) is 11.3 Å². The van der Waals surface area contributed by atoms with Crippen LogP contribution in [0.15, 0.2) is 17.5 Å². The normalized spacial score (nSPS) is 19.1. The number of methoxy groups -OCH3 is 1. The molecule has 1 unspecified atom stereocenters. The molecular weight excluding hydrogens is 234 g/mol. The minimum Gasteiger partial charge on any atom is -0.378 e. The summed E-state index contributed by atoms with van der Waals surface area (Å²) in [7, 11) is 1.65. The lowest BCUT2D eigenvalue weighted by Crippen LogP contribution is -2.41. The Bertz CT molecular complexity index is 423. The molecule has 17 heavy (non-hydrogen) atoms. The lowest BCUT2D eigenvalue weighted by atomic mass is 9.75. The molecule has 0 aromatic carbocycles. The minimum atomic E-state index is -0.623. The Hall–Kier alpha value is -1.18. The molecule has 0 aliphatic heterocycles. The minimum absolute atomic E-state index is 0.0171. The Labute approximate surface area is 105 Å². The summed E-state index contributed by atoms with van der Waals surface area (Å²) in [5.41, 5.74) is -0.288. The summed E-state index contributed by atoms with van der Waals surface area (Å²) in [5.74, 6) is -0.640. The number of Topliss-reactive ketones (excluding diaryl/α,β-unsaturated/α-hetero) is 1. The highest BCUT2D eigenvalue weighted by Crippen LogP contribution is 2.39. The Balaban J connectivity index is 2.06. The first-order valence-corrected chi connectivity index (χ1v) is 6.60. The van der Waals surface area contributed by atoms with Crippen LogP contribution in [0.4, 0.5) is 0 Å². The van der Waals surface area contributed by atoms with E-state index < -0.39 is 5.92 Å². The number of carbonyl (C=O) groups excluding carboxylic acids is 1. The van der Waals surface area contributed by atoms with Gasteiger partial charge in [0, 0.05) is 18.4 Å². The van der Waals surface area contributed by atoms with Crippen LogP contribution in [-0.2, 0) is 9.53 Å². The zero-order chi connectivity index (χ0) is 12.3. The number of hydrogen-bond acceptors (Lipinski definition) is 4. The zero-order valence-corrected chi connectivity index (χ0v) is 10.6. The highest BCUT2D eigenvalue weighted by Gasteiger charge is 2.40. The summed E-state index contributed by atoms with van der Waals surface area (Å²) in [6.45, 7) is 0. The van der Waals surface area contributed by atoms with Gasteiger partial charge < -0.3 is 4.74 Å². The van der Waals surface area contributed by atoms with Crippen molar-refractivity contribution in [3.8, 4) is 6.07 Å². The van der Waals surface area contributed by atoms with E-state index in [1.165, 1.54) is 11.3 Å². The third-order valence-electron chi connectivity index (χ3n) is 3.47. The maximum atomic E-state index is 12.1. The summed E-state index contributed by atoms with van der Waals surface area (Å²) >= 11 is 1.46. The molecule has 1 aliphatic carbocycles. The van der Waals surface area contributed by atoms with Gasteiger partial charge in [-0.3, -0.25) is 4.79 Å². The quantitative estimate of drug-likeness (QED) is 0.806. The number of thiophene rings is 1. The number of ketones is 1. The van der Waals surface area contributed by atoms with E-state index >= 15 is 0 Å². The molecular formula is C13H15NO2S. The first-order valence-electron chi connectivity index (χ1n) is 5.72. The molecule has 2 rings (SSSR count). The van der Waals surface area contributed by atoms with Crippen LogP contribution in [0.1, 0.15) is 36.5 Å². The summed E-state index contributed by atoms with van der Waals surface area (Å²) in [6, 6.07) is 5.82. The summed E-state index contributed by atoms with van der Waals surface area (Å²) in [5, 5.41) is 11.0. The Kier molecular flexibility index (Phi) is 3.60. The zero-order valence-electron chi connectivity index (χ0n) is 9.81. The maximum Gasteiger partial charge on any atom is 0.158 e. The van der Waals surface area contributed by atoms with Crippen molar-refractivity contribution in [2.45, 2.75) is 37.2 Å². The van der Waals surface area contributed by atoms with Crippen molar-refractivity contribution in [3.05, 3.63) is 22.4 Å². The first-order chi connectivity index (χ1) is 8.21. The predicted molar refractivity (Wildman–Crippen MR) is 65.9 cm³/mol. The van der Waals surface area contributed by atoms with E-state index in [0.717, 1.165) is 24.1 Å². The molecule has 0 amide bonds. The lowest BCUT2D eigenvalue weighted by molar-refractivity contribution is -0.132. The van der Waals surface area contributed by atoms with Gasteiger partial charge in [0.2, 0.25) is 0 Å². The fourth-order valence-corrected chi connectivity index (χ4v) is 2.99. The third kappa shape index (κ3) is 2.41. The van der Waals surface area contributed by atoms with Gasteiger partial charge in [0.1, 0.15) is 5.92 Å². The van der Waals surface area contributed by atoms with Crippen LogP contribution in [0.3, 0.4) is 0 Å². The molecule has 1 aromatic rings. The fourth-order valence-electron chi connectivity index (χ4n) is 2.19. The summed E-state index contributed by atoms with van der Waals surface area (Å²) in [4.78, 5) is 13.0. The van der Waals surface area contributed by atoms with E-state index in [-0.39, 0.29) is 11.4 Å². The molecule has 1 aromatic heterocycles. The van der Waals surface area contributed by atoms with Crippen molar-refractivity contribution in [3.63, 3.8) is 0 Å². The van der Waals surface area contributed by atoms with Crippen molar-refractivity contribution in [1.82, 2.24) is 0 Å². The van der Waals surface area contributed by atoms with Gasteiger partial charge >= 0.3 is 0 Å². The molecule has 4 heteroatoms. The van der Waals surface area contributed by atoms with Gasteiger partial charge in [0.05, 0.1) is 11.7 Å². The molecule has 0 radical (unpaired) electrons. The van der Waals surface area contributed by atoms with E-state index in [1.54, 1.807) is 7.11 Å². The number of nitriles is 1. The largest absolute Gasteiger partial charge is 0.378 e. The molecule has 1 aliphatic rings. The highest BCUT2D eigenvalue weighted by atomic mass is 32.1. The molecule has 0 saturated heterocycles. The van der Waals surface area contributed by atoms with Crippen molar-refractivity contribution >= 4 is 17.1 Å². The monoisotopic (exact) mass is 249 g/mol. The number of nitrogens with zero attached hydrogens (tertiary/aromatic N) is 1. The smallest absolute Gasteiger partial charge is 0.158 e. The molecule has 0 spiro atoms. The van der Waals surface area contributed by atoms with Gasteiger partial charge in [-0.2, -0.15) is 5.26 Å². The predicted octanol–water partition coefficient (Wildman–Crippen LogP) is 2.88. The van der Waals surface area contributed by atoms with E-state index in [1.807, 2.05) is 17.5 Å². The van der Waals surface area contributed by atoms with Gasteiger partial charge in [0.15, 0.2) is 5.78 Å². The summed E-state index contributed by atoms with van der Waals surface area (Å²) < 4.78 is 5.43. The van der Waals surface area contributed by atoms with Crippen molar-refractivity contribution in [2.75, 3.05) is 7.11 Å². The molecule has 1 heterocycles. The molecule has 1 fully saturated rings. The van der Waals surface area contributed by atoms with Gasteiger partial charge in [-0.1, -0.05) is 6.07 Å². The highest BCUT2D eigenvalue weighted by molar-refractivity contribution is 7.10. The van der Waals surface area contributed by atoms with Crippen LogP contribution in [0.5, 0.6) is 0 Å². The molecule has 1 saturated carbocycles. The molecule has 0 bridgehead atoms. The Morgan fingerprint density at radius 3 is 2.88 bits per heavy atom.